The molecule has 0 saturated heterocycles. The molecule has 4 rings (SSSR count). The lowest BCUT2D eigenvalue weighted by molar-refractivity contribution is 0.0986. The smallest absolute Gasteiger partial charge is 0.264 e. The van der Waals surface area contributed by atoms with Crippen LogP contribution in [-0.2, 0) is 10.0 Å². The van der Waals surface area contributed by atoms with Crippen LogP contribution < -0.4 is 9.21 Å². The molecule has 0 spiro atoms. The van der Waals surface area contributed by atoms with Crippen LogP contribution in [0.2, 0.25) is 0 Å². The van der Waals surface area contributed by atoms with Gasteiger partial charge >= 0.3 is 0 Å². The molecule has 7 nitrogen and oxygen atoms in total. The third-order valence-electron chi connectivity index (χ3n) is 5.77. The van der Waals surface area contributed by atoms with Crippen molar-refractivity contribution in [1.29, 1.82) is 0 Å². The van der Waals surface area contributed by atoms with Crippen LogP contribution in [0.1, 0.15) is 23.7 Å². The van der Waals surface area contributed by atoms with Crippen molar-refractivity contribution >= 4 is 48.3 Å². The number of para-hydroxylation sites is 2. The molecule has 36 heavy (non-hydrogen) atoms. The second kappa shape index (κ2) is 11.2. The van der Waals surface area contributed by atoms with Crippen molar-refractivity contribution in [3.05, 3.63) is 84.4 Å². The van der Waals surface area contributed by atoms with Gasteiger partial charge in [-0.15, -0.1) is 0 Å². The lowest BCUT2D eigenvalue weighted by Gasteiger charge is -2.23. The van der Waals surface area contributed by atoms with Crippen molar-refractivity contribution in [3.63, 3.8) is 0 Å². The summed E-state index contributed by atoms with van der Waals surface area (Å²) in [5.74, 6) is -0.202. The van der Waals surface area contributed by atoms with Gasteiger partial charge in [-0.3, -0.25) is 14.0 Å². The molecule has 188 valence electrons. The Hall–Kier alpha value is -3.27. The largest absolute Gasteiger partial charge is 0.309 e. The van der Waals surface area contributed by atoms with E-state index in [1.54, 1.807) is 36.1 Å². The van der Waals surface area contributed by atoms with Crippen LogP contribution in [0, 0.1) is 0 Å². The Bertz CT molecular complexity index is 1390. The number of hydrogen-bond acceptors (Lipinski definition) is 6. The van der Waals surface area contributed by atoms with Crippen LogP contribution in [0.25, 0.3) is 10.2 Å². The van der Waals surface area contributed by atoms with Gasteiger partial charge in [0.2, 0.25) is 0 Å². The predicted octanol–water partition coefficient (Wildman–Crippen LogP) is 5.11. The molecule has 0 aliphatic carbocycles. The maximum absolute atomic E-state index is 13.6. The van der Waals surface area contributed by atoms with E-state index in [1.807, 2.05) is 56.6 Å². The molecule has 0 radical (unpaired) electrons. The van der Waals surface area contributed by atoms with Crippen molar-refractivity contribution in [2.24, 2.45) is 0 Å². The highest BCUT2D eigenvalue weighted by Crippen LogP contribution is 2.30. The average molecular weight is 523 g/mol. The van der Waals surface area contributed by atoms with Crippen molar-refractivity contribution in [1.82, 2.24) is 9.88 Å². The minimum atomic E-state index is -3.77. The fourth-order valence-corrected chi connectivity index (χ4v) is 6.41. The van der Waals surface area contributed by atoms with E-state index in [-0.39, 0.29) is 10.8 Å². The van der Waals surface area contributed by atoms with Crippen molar-refractivity contribution in [2.75, 3.05) is 42.9 Å². The topological polar surface area (TPSA) is 73.8 Å². The molecule has 0 saturated carbocycles. The van der Waals surface area contributed by atoms with E-state index in [4.69, 9.17) is 0 Å². The summed E-state index contributed by atoms with van der Waals surface area (Å²) in [6.45, 7) is 3.43. The van der Waals surface area contributed by atoms with Crippen molar-refractivity contribution < 1.29 is 13.2 Å². The minimum absolute atomic E-state index is 0.142. The van der Waals surface area contributed by atoms with Crippen LogP contribution in [0.4, 0.5) is 10.8 Å². The van der Waals surface area contributed by atoms with Crippen LogP contribution in [0.3, 0.4) is 0 Å². The number of amides is 1. The average Bonchev–Trinajstić information content (AvgIpc) is 3.31. The second-order valence-corrected chi connectivity index (χ2v) is 11.5. The van der Waals surface area contributed by atoms with E-state index >= 15 is 0 Å². The number of nitrogens with zero attached hydrogens (tertiary/aromatic N) is 4. The summed E-state index contributed by atoms with van der Waals surface area (Å²) in [5.41, 5.74) is 1.87. The molecule has 0 fully saturated rings. The SMILES string of the molecule is CCN(c1ccccc1)S(=O)(=O)c1ccc(C(=O)N(CCCN(C)C)c2nc3ccccc3s2)cc1. The van der Waals surface area contributed by atoms with E-state index in [0.29, 0.717) is 29.5 Å². The molecule has 0 bridgehead atoms. The van der Waals surface area contributed by atoms with Gasteiger partial charge in [-0.05, 0) is 82.5 Å². The van der Waals surface area contributed by atoms with Crippen molar-refractivity contribution in [3.8, 4) is 0 Å². The number of carbonyl (C=O) groups excluding carboxylic acids is 1. The summed E-state index contributed by atoms with van der Waals surface area (Å²) < 4.78 is 29.0. The first-order valence-electron chi connectivity index (χ1n) is 11.8. The Morgan fingerprint density at radius 3 is 2.19 bits per heavy atom. The highest BCUT2D eigenvalue weighted by Gasteiger charge is 2.25. The molecular weight excluding hydrogens is 492 g/mol. The molecule has 0 unspecified atom stereocenters. The van der Waals surface area contributed by atoms with E-state index in [9.17, 15) is 13.2 Å². The quantitative estimate of drug-likeness (QED) is 0.289. The summed E-state index contributed by atoms with van der Waals surface area (Å²) >= 11 is 1.48. The standard InChI is InChI=1S/C27H30N4O3S2/c1-4-31(22-11-6-5-7-12-22)36(33,34)23-17-15-21(16-18-23)26(32)30(20-10-19-29(2)3)27-28-24-13-8-9-14-25(24)35-27/h5-9,11-18H,4,10,19-20H2,1-3H3. The van der Waals surface area contributed by atoms with Gasteiger partial charge < -0.3 is 4.90 Å². The Balaban J connectivity index is 1.62. The highest BCUT2D eigenvalue weighted by atomic mass is 32.2. The molecule has 0 aliphatic rings. The van der Waals surface area contributed by atoms with Crippen LogP contribution in [-0.4, -0.2) is 57.9 Å². The molecule has 0 aliphatic heterocycles. The molecule has 4 aromatic rings. The third kappa shape index (κ3) is 5.59. The third-order valence-corrected chi connectivity index (χ3v) is 8.74. The summed E-state index contributed by atoms with van der Waals surface area (Å²) in [4.78, 5) is 22.2. The van der Waals surface area contributed by atoms with Gasteiger partial charge in [0.1, 0.15) is 0 Å². The summed E-state index contributed by atoms with van der Waals surface area (Å²) in [5, 5.41) is 0.637. The van der Waals surface area contributed by atoms with Crippen molar-refractivity contribution in [2.45, 2.75) is 18.2 Å². The van der Waals surface area contributed by atoms with Gasteiger partial charge in [0.25, 0.3) is 15.9 Å². The van der Waals surface area contributed by atoms with Crippen LogP contribution in [0.15, 0.2) is 83.8 Å². The zero-order valence-electron chi connectivity index (χ0n) is 20.7. The number of fused-ring (bicyclic) bond motifs is 1. The van der Waals surface area contributed by atoms with Gasteiger partial charge in [-0.2, -0.15) is 0 Å². The maximum Gasteiger partial charge on any atom is 0.264 e. The summed E-state index contributed by atoms with van der Waals surface area (Å²) in [7, 11) is 0.229. The monoisotopic (exact) mass is 522 g/mol. The normalized spacial score (nSPS) is 11.7. The zero-order valence-corrected chi connectivity index (χ0v) is 22.3. The number of sulfonamides is 1. The molecular formula is C27H30N4O3S2. The van der Waals surface area contributed by atoms with E-state index in [0.717, 1.165) is 23.2 Å². The first-order chi connectivity index (χ1) is 17.3. The lowest BCUT2D eigenvalue weighted by Crippen LogP contribution is -2.33. The zero-order chi connectivity index (χ0) is 25.7. The Labute approximate surface area is 216 Å². The first-order valence-corrected chi connectivity index (χ1v) is 14.1. The fraction of sp³-hybridized carbons (Fsp3) is 0.259. The fourth-order valence-electron chi connectivity index (χ4n) is 3.94. The number of hydrogen-bond donors (Lipinski definition) is 0. The number of carbonyl (C=O) groups is 1. The van der Waals surface area contributed by atoms with Gasteiger partial charge in [-0.25, -0.2) is 13.4 Å². The van der Waals surface area contributed by atoms with E-state index < -0.39 is 10.0 Å². The first kappa shape index (κ1) is 25.8. The lowest BCUT2D eigenvalue weighted by atomic mass is 10.2. The van der Waals surface area contributed by atoms with Gasteiger partial charge in [0, 0.05) is 18.7 Å². The number of rotatable bonds is 10. The molecule has 0 N–H and O–H groups in total. The minimum Gasteiger partial charge on any atom is -0.309 e. The molecule has 1 amide bonds. The second-order valence-electron chi connectivity index (χ2n) is 8.61. The van der Waals surface area contributed by atoms with Crippen LogP contribution in [0.5, 0.6) is 0 Å². The van der Waals surface area contributed by atoms with Crippen LogP contribution >= 0.6 is 11.3 Å². The summed E-state index contributed by atoms with van der Waals surface area (Å²) in [6.07, 6.45) is 0.781. The Morgan fingerprint density at radius 1 is 0.889 bits per heavy atom. The van der Waals surface area contributed by atoms with Gasteiger partial charge in [0.15, 0.2) is 5.13 Å². The number of anilines is 2. The van der Waals surface area contributed by atoms with Gasteiger partial charge in [-0.1, -0.05) is 41.7 Å². The molecule has 1 heterocycles. The maximum atomic E-state index is 13.6. The van der Waals surface area contributed by atoms with E-state index in [1.165, 1.54) is 27.8 Å². The number of thiazole rings is 1. The molecule has 0 atom stereocenters. The molecule has 3 aromatic carbocycles. The van der Waals surface area contributed by atoms with Gasteiger partial charge in [0.05, 0.1) is 20.8 Å². The van der Waals surface area contributed by atoms with E-state index in [2.05, 4.69) is 9.88 Å². The Morgan fingerprint density at radius 2 is 1.56 bits per heavy atom. The highest BCUT2D eigenvalue weighted by molar-refractivity contribution is 7.92. The molecule has 9 heteroatoms. The summed E-state index contributed by atoms with van der Waals surface area (Å²) in [6, 6.07) is 23.0. The molecule has 1 aromatic heterocycles. The Kier molecular flexibility index (Phi) is 8.03. The number of benzene rings is 3. The predicted molar refractivity (Wildman–Crippen MR) is 148 cm³/mol. The number of aromatic nitrogens is 1.